The first kappa shape index (κ1) is 15.5. The summed E-state index contributed by atoms with van der Waals surface area (Å²) in [6, 6.07) is 9.19. The van der Waals surface area contributed by atoms with Crippen molar-refractivity contribution in [3.05, 3.63) is 48.5 Å². The number of nitrogens with zero attached hydrogens (tertiary/aromatic N) is 3. The minimum Gasteiger partial charge on any atom is -0.388 e. The first-order valence-corrected chi connectivity index (χ1v) is 7.79. The van der Waals surface area contributed by atoms with Gasteiger partial charge in [-0.25, -0.2) is 9.78 Å². The van der Waals surface area contributed by atoms with E-state index in [1.807, 2.05) is 30.3 Å². The van der Waals surface area contributed by atoms with Gasteiger partial charge in [0.2, 0.25) is 0 Å². The Balaban J connectivity index is 1.62. The first-order valence-electron chi connectivity index (χ1n) is 7.79. The predicted molar refractivity (Wildman–Crippen MR) is 84.5 cm³/mol. The molecule has 2 amide bonds. The zero-order valence-corrected chi connectivity index (χ0v) is 12.9. The molecule has 1 heterocycles. The van der Waals surface area contributed by atoms with Gasteiger partial charge in [0.15, 0.2) is 0 Å². The number of carbonyl (C=O) groups is 1. The molecule has 3 rings (SSSR count). The molecule has 0 bridgehead atoms. The molecular formula is C16H21N5O2. The molecule has 1 fully saturated rings. The van der Waals surface area contributed by atoms with Crippen molar-refractivity contribution in [1.82, 2.24) is 25.4 Å². The summed E-state index contributed by atoms with van der Waals surface area (Å²) in [4.78, 5) is 16.1. The maximum absolute atomic E-state index is 12.2. The van der Waals surface area contributed by atoms with Crippen LogP contribution < -0.4 is 10.6 Å². The van der Waals surface area contributed by atoms with Crippen molar-refractivity contribution < 1.29 is 9.90 Å². The fourth-order valence-electron chi connectivity index (χ4n) is 2.65. The van der Waals surface area contributed by atoms with Crippen LogP contribution in [0.2, 0.25) is 0 Å². The van der Waals surface area contributed by atoms with Gasteiger partial charge >= 0.3 is 6.03 Å². The highest BCUT2D eigenvalue weighted by Gasteiger charge is 2.34. The highest BCUT2D eigenvalue weighted by atomic mass is 16.3. The third-order valence-corrected chi connectivity index (χ3v) is 4.21. The predicted octanol–water partition coefficient (Wildman–Crippen LogP) is 1.23. The monoisotopic (exact) mass is 315 g/mol. The lowest BCUT2D eigenvalue weighted by atomic mass is 9.80. The van der Waals surface area contributed by atoms with Gasteiger partial charge in [-0.2, -0.15) is 5.10 Å². The highest BCUT2D eigenvalue weighted by Crippen LogP contribution is 2.30. The normalized spacial score (nSPS) is 17.1. The van der Waals surface area contributed by atoms with Crippen molar-refractivity contribution in [2.45, 2.75) is 37.5 Å². The van der Waals surface area contributed by atoms with Gasteiger partial charge in [-0.05, 0) is 24.8 Å². The lowest BCUT2D eigenvalue weighted by Crippen LogP contribution is -2.50. The van der Waals surface area contributed by atoms with Gasteiger partial charge in [0.1, 0.15) is 12.7 Å². The highest BCUT2D eigenvalue weighted by molar-refractivity contribution is 5.74. The maximum atomic E-state index is 12.2. The fourth-order valence-corrected chi connectivity index (χ4v) is 2.65. The number of nitrogens with one attached hydrogen (secondary N) is 2. The van der Waals surface area contributed by atoms with Gasteiger partial charge in [0.25, 0.3) is 0 Å². The van der Waals surface area contributed by atoms with Crippen LogP contribution >= 0.6 is 0 Å². The molecule has 7 nitrogen and oxygen atoms in total. The van der Waals surface area contributed by atoms with Crippen LogP contribution in [0.1, 0.15) is 30.9 Å². The van der Waals surface area contributed by atoms with Gasteiger partial charge in [-0.1, -0.05) is 30.3 Å². The summed E-state index contributed by atoms with van der Waals surface area (Å²) in [5.41, 5.74) is 0.256. The van der Waals surface area contributed by atoms with Gasteiger partial charge in [-0.3, -0.25) is 4.68 Å². The lowest BCUT2D eigenvalue weighted by molar-refractivity contribution is -0.0290. The van der Waals surface area contributed by atoms with E-state index in [9.17, 15) is 9.90 Å². The second-order valence-electron chi connectivity index (χ2n) is 5.99. The number of aliphatic hydroxyl groups is 1. The summed E-state index contributed by atoms with van der Waals surface area (Å²) in [6.07, 6.45) is 5.59. The van der Waals surface area contributed by atoms with Crippen molar-refractivity contribution in [2.75, 3.05) is 6.54 Å². The second-order valence-corrected chi connectivity index (χ2v) is 5.99. The SMILES string of the molecule is O=C(NCC1(O)CCC1)NC(Cn1cncn1)c1ccccc1. The average molecular weight is 315 g/mol. The molecule has 23 heavy (non-hydrogen) atoms. The Labute approximate surface area is 134 Å². The average Bonchev–Trinajstić information content (AvgIpc) is 3.04. The van der Waals surface area contributed by atoms with Crippen molar-refractivity contribution in [3.8, 4) is 0 Å². The lowest BCUT2D eigenvalue weighted by Gasteiger charge is -2.36. The van der Waals surface area contributed by atoms with Crippen molar-refractivity contribution in [2.24, 2.45) is 0 Å². The van der Waals surface area contributed by atoms with Crippen LogP contribution in [-0.4, -0.2) is 38.0 Å². The van der Waals surface area contributed by atoms with E-state index >= 15 is 0 Å². The molecule has 3 N–H and O–H groups in total. The largest absolute Gasteiger partial charge is 0.388 e. The Morgan fingerprint density at radius 2 is 2.13 bits per heavy atom. The van der Waals surface area contributed by atoms with E-state index in [1.165, 1.54) is 6.33 Å². The molecule has 1 aromatic heterocycles. The Morgan fingerprint density at radius 3 is 2.74 bits per heavy atom. The molecular weight excluding hydrogens is 294 g/mol. The van der Waals surface area contributed by atoms with Crippen LogP contribution in [0.15, 0.2) is 43.0 Å². The van der Waals surface area contributed by atoms with E-state index in [0.717, 1.165) is 24.8 Å². The number of aromatic nitrogens is 3. The molecule has 7 heteroatoms. The van der Waals surface area contributed by atoms with Crippen LogP contribution in [-0.2, 0) is 6.54 Å². The summed E-state index contributed by atoms with van der Waals surface area (Å²) in [5, 5.41) is 19.8. The molecule has 1 aromatic carbocycles. The summed E-state index contributed by atoms with van der Waals surface area (Å²) in [7, 11) is 0. The molecule has 1 saturated carbocycles. The first-order chi connectivity index (χ1) is 11.1. The van der Waals surface area contributed by atoms with E-state index in [2.05, 4.69) is 20.7 Å². The van der Waals surface area contributed by atoms with Crippen LogP contribution in [0.5, 0.6) is 0 Å². The van der Waals surface area contributed by atoms with Gasteiger partial charge < -0.3 is 15.7 Å². The molecule has 0 saturated heterocycles. The Hall–Kier alpha value is -2.41. The number of benzene rings is 1. The molecule has 0 aliphatic heterocycles. The Kier molecular flexibility index (Phi) is 4.57. The smallest absolute Gasteiger partial charge is 0.315 e. The van der Waals surface area contributed by atoms with E-state index in [1.54, 1.807) is 11.0 Å². The van der Waals surface area contributed by atoms with Crippen LogP contribution in [0.4, 0.5) is 4.79 Å². The van der Waals surface area contributed by atoms with Gasteiger partial charge in [-0.15, -0.1) is 0 Å². The Morgan fingerprint density at radius 1 is 1.35 bits per heavy atom. The number of carbonyl (C=O) groups excluding carboxylic acids is 1. The van der Waals surface area contributed by atoms with Crippen LogP contribution in [0.25, 0.3) is 0 Å². The summed E-state index contributed by atoms with van der Waals surface area (Å²) in [6.45, 7) is 0.769. The van der Waals surface area contributed by atoms with Crippen LogP contribution in [0.3, 0.4) is 0 Å². The quantitative estimate of drug-likeness (QED) is 0.747. The molecule has 0 radical (unpaired) electrons. The topological polar surface area (TPSA) is 92.1 Å². The molecule has 122 valence electrons. The minimum atomic E-state index is -0.731. The summed E-state index contributed by atoms with van der Waals surface area (Å²) >= 11 is 0. The summed E-state index contributed by atoms with van der Waals surface area (Å²) < 4.78 is 1.68. The molecule has 2 aromatic rings. The van der Waals surface area contributed by atoms with E-state index in [0.29, 0.717) is 6.54 Å². The molecule has 1 atom stereocenters. The molecule has 1 aliphatic carbocycles. The van der Waals surface area contributed by atoms with Crippen molar-refractivity contribution in [1.29, 1.82) is 0 Å². The summed E-state index contributed by atoms with van der Waals surface area (Å²) in [5.74, 6) is 0. The van der Waals surface area contributed by atoms with Gasteiger partial charge in [0, 0.05) is 6.54 Å². The van der Waals surface area contributed by atoms with E-state index in [4.69, 9.17) is 0 Å². The minimum absolute atomic E-state index is 0.228. The third kappa shape index (κ3) is 4.07. The second kappa shape index (κ2) is 6.78. The zero-order chi connectivity index (χ0) is 16.1. The molecule has 1 unspecified atom stereocenters. The number of urea groups is 1. The van der Waals surface area contributed by atoms with Crippen molar-refractivity contribution in [3.63, 3.8) is 0 Å². The standard InChI is InChI=1S/C16H21N5O2/c22-15(18-10-16(23)7-4-8-16)20-14(9-21-12-17-11-19-21)13-5-2-1-3-6-13/h1-3,5-6,11-12,14,23H,4,7-10H2,(H2,18,20,22). The van der Waals surface area contributed by atoms with Crippen LogP contribution in [0, 0.1) is 0 Å². The number of rotatable bonds is 6. The van der Waals surface area contributed by atoms with Gasteiger partial charge in [0.05, 0.1) is 18.2 Å². The van der Waals surface area contributed by atoms with E-state index in [-0.39, 0.29) is 18.6 Å². The molecule has 0 spiro atoms. The maximum Gasteiger partial charge on any atom is 0.315 e. The number of amides is 2. The zero-order valence-electron chi connectivity index (χ0n) is 12.9. The van der Waals surface area contributed by atoms with Crippen molar-refractivity contribution >= 4 is 6.03 Å². The third-order valence-electron chi connectivity index (χ3n) is 4.21. The number of hydrogen-bond donors (Lipinski definition) is 3. The fraction of sp³-hybridized carbons (Fsp3) is 0.438. The number of hydrogen-bond acceptors (Lipinski definition) is 4. The molecule has 1 aliphatic rings. The van der Waals surface area contributed by atoms with E-state index < -0.39 is 5.60 Å². The Bertz CT molecular complexity index is 625.